The third-order valence-electron chi connectivity index (χ3n) is 5.10. The van der Waals surface area contributed by atoms with Gasteiger partial charge in [0.25, 0.3) is 0 Å². The smallest absolute Gasteiger partial charge is 0.326 e. The van der Waals surface area contributed by atoms with Crippen LogP contribution in [0, 0.1) is 0 Å². The van der Waals surface area contributed by atoms with Gasteiger partial charge in [-0.05, 0) is 31.0 Å². The number of aromatic amines is 1. The standard InChI is InChI=1S/C20H24N4O6/c25-17(26)9-16(20(29)30)24-19(28)15(23-18(27)14-6-3-7-21-14)8-11-10-22-13-5-2-1-4-12(11)13/h1-2,4-5,10,14-16,21-22H,3,6-9H2,(H,23,27)(H,24,28)(H,25,26)(H,29,30)/t14-,15-,16-/m0/s1. The van der Waals surface area contributed by atoms with Crippen LogP contribution in [0.15, 0.2) is 30.5 Å². The predicted octanol–water partition coefficient (Wildman–Crippen LogP) is -0.00870. The summed E-state index contributed by atoms with van der Waals surface area (Å²) < 4.78 is 0. The van der Waals surface area contributed by atoms with Gasteiger partial charge in [0, 0.05) is 23.5 Å². The molecule has 0 saturated carbocycles. The van der Waals surface area contributed by atoms with Gasteiger partial charge in [-0.2, -0.15) is 0 Å². The lowest BCUT2D eigenvalue weighted by atomic mass is 10.0. The first-order valence-corrected chi connectivity index (χ1v) is 9.69. The number of carboxylic acid groups (broad SMARTS) is 2. The van der Waals surface area contributed by atoms with E-state index >= 15 is 0 Å². The minimum absolute atomic E-state index is 0.119. The summed E-state index contributed by atoms with van der Waals surface area (Å²) in [4.78, 5) is 50.8. The second kappa shape index (κ2) is 9.40. The van der Waals surface area contributed by atoms with Crippen molar-refractivity contribution >= 4 is 34.7 Å². The van der Waals surface area contributed by atoms with Gasteiger partial charge in [0.2, 0.25) is 11.8 Å². The molecule has 0 unspecified atom stereocenters. The Bertz CT molecular complexity index is 950. The lowest BCUT2D eigenvalue weighted by molar-refractivity contribution is -0.147. The molecule has 0 spiro atoms. The maximum Gasteiger partial charge on any atom is 0.326 e. The number of aliphatic carboxylic acids is 2. The van der Waals surface area contributed by atoms with Crippen LogP contribution < -0.4 is 16.0 Å². The number of fused-ring (bicyclic) bond motifs is 1. The van der Waals surface area contributed by atoms with Gasteiger partial charge >= 0.3 is 11.9 Å². The molecule has 6 N–H and O–H groups in total. The number of rotatable bonds is 9. The molecule has 2 heterocycles. The fraction of sp³-hybridized carbons (Fsp3) is 0.400. The van der Waals surface area contributed by atoms with E-state index in [1.165, 1.54) is 0 Å². The molecule has 3 atom stereocenters. The molecule has 1 fully saturated rings. The third kappa shape index (κ3) is 5.15. The number of hydrogen-bond acceptors (Lipinski definition) is 5. The molecule has 10 heteroatoms. The maximum atomic E-state index is 12.8. The van der Waals surface area contributed by atoms with Gasteiger partial charge in [0.15, 0.2) is 0 Å². The second-order valence-corrected chi connectivity index (χ2v) is 7.27. The molecule has 0 aliphatic carbocycles. The molecule has 10 nitrogen and oxygen atoms in total. The molecule has 0 radical (unpaired) electrons. The number of H-pyrrole nitrogens is 1. The maximum absolute atomic E-state index is 12.8. The first-order valence-electron chi connectivity index (χ1n) is 9.69. The summed E-state index contributed by atoms with van der Waals surface area (Å²) in [5.41, 5.74) is 1.64. The van der Waals surface area contributed by atoms with Crippen molar-refractivity contribution in [2.24, 2.45) is 0 Å². The summed E-state index contributed by atoms with van der Waals surface area (Å²) in [7, 11) is 0. The molecule has 1 saturated heterocycles. The number of hydrogen-bond donors (Lipinski definition) is 6. The molecule has 2 aromatic rings. The molecule has 2 amide bonds. The monoisotopic (exact) mass is 416 g/mol. The van der Waals surface area contributed by atoms with Crippen LogP contribution in [0.2, 0.25) is 0 Å². The van der Waals surface area contributed by atoms with E-state index in [2.05, 4.69) is 20.9 Å². The lowest BCUT2D eigenvalue weighted by Crippen LogP contribution is -2.55. The van der Waals surface area contributed by atoms with Crippen LogP contribution in [-0.4, -0.2) is 63.6 Å². The topological polar surface area (TPSA) is 161 Å². The third-order valence-corrected chi connectivity index (χ3v) is 5.10. The van der Waals surface area contributed by atoms with Crippen molar-refractivity contribution in [2.75, 3.05) is 6.54 Å². The number of carbonyl (C=O) groups is 4. The number of nitrogens with one attached hydrogen (secondary N) is 4. The van der Waals surface area contributed by atoms with Crippen molar-refractivity contribution in [1.29, 1.82) is 0 Å². The molecule has 3 rings (SSSR count). The number of amides is 2. The molecule has 1 aliphatic heterocycles. The summed E-state index contributed by atoms with van der Waals surface area (Å²) >= 11 is 0. The summed E-state index contributed by atoms with van der Waals surface area (Å²) in [6, 6.07) is 4.39. The Labute approximate surface area is 172 Å². The highest BCUT2D eigenvalue weighted by atomic mass is 16.4. The van der Waals surface area contributed by atoms with Crippen molar-refractivity contribution < 1.29 is 29.4 Å². The Morgan fingerprint density at radius 3 is 2.53 bits per heavy atom. The van der Waals surface area contributed by atoms with E-state index in [1.54, 1.807) is 6.20 Å². The largest absolute Gasteiger partial charge is 0.481 e. The molecule has 1 aromatic carbocycles. The zero-order valence-corrected chi connectivity index (χ0v) is 16.2. The zero-order chi connectivity index (χ0) is 21.7. The number of carbonyl (C=O) groups excluding carboxylic acids is 2. The second-order valence-electron chi connectivity index (χ2n) is 7.27. The van der Waals surface area contributed by atoms with E-state index in [0.717, 1.165) is 22.9 Å². The molecular formula is C20H24N4O6. The van der Waals surface area contributed by atoms with Gasteiger partial charge in [0.1, 0.15) is 12.1 Å². The Morgan fingerprint density at radius 1 is 1.10 bits per heavy atom. The van der Waals surface area contributed by atoms with Gasteiger partial charge in [-0.3, -0.25) is 14.4 Å². The average molecular weight is 416 g/mol. The van der Waals surface area contributed by atoms with Gasteiger partial charge in [-0.1, -0.05) is 18.2 Å². The van der Waals surface area contributed by atoms with Crippen LogP contribution in [0.5, 0.6) is 0 Å². The van der Waals surface area contributed by atoms with Crippen LogP contribution in [0.1, 0.15) is 24.8 Å². The minimum Gasteiger partial charge on any atom is -0.481 e. The highest BCUT2D eigenvalue weighted by Gasteiger charge is 2.31. The summed E-state index contributed by atoms with van der Waals surface area (Å²) in [5.74, 6) is -3.91. The Morgan fingerprint density at radius 2 is 1.87 bits per heavy atom. The molecule has 1 aliphatic rings. The fourth-order valence-electron chi connectivity index (χ4n) is 3.56. The van der Waals surface area contributed by atoms with E-state index in [9.17, 15) is 24.3 Å². The fourth-order valence-corrected chi connectivity index (χ4v) is 3.56. The van der Waals surface area contributed by atoms with Crippen molar-refractivity contribution in [3.63, 3.8) is 0 Å². The van der Waals surface area contributed by atoms with Gasteiger partial charge in [-0.25, -0.2) is 4.79 Å². The molecular weight excluding hydrogens is 392 g/mol. The Kier molecular flexibility index (Phi) is 6.68. The quantitative estimate of drug-likeness (QED) is 0.335. The molecule has 30 heavy (non-hydrogen) atoms. The van der Waals surface area contributed by atoms with E-state index < -0.39 is 42.4 Å². The van der Waals surface area contributed by atoms with E-state index in [1.807, 2.05) is 24.3 Å². The zero-order valence-electron chi connectivity index (χ0n) is 16.2. The van der Waals surface area contributed by atoms with Crippen LogP contribution in [0.25, 0.3) is 10.9 Å². The van der Waals surface area contributed by atoms with Crippen molar-refractivity contribution in [1.82, 2.24) is 20.9 Å². The first kappa shape index (κ1) is 21.3. The highest BCUT2D eigenvalue weighted by molar-refractivity contribution is 5.93. The van der Waals surface area contributed by atoms with E-state index in [0.29, 0.717) is 13.0 Å². The summed E-state index contributed by atoms with van der Waals surface area (Å²) in [5, 5.41) is 27.0. The molecule has 0 bridgehead atoms. The molecule has 1 aromatic heterocycles. The van der Waals surface area contributed by atoms with Gasteiger partial charge in [-0.15, -0.1) is 0 Å². The minimum atomic E-state index is -1.60. The normalized spacial score (nSPS) is 17.9. The number of benzene rings is 1. The van der Waals surface area contributed by atoms with E-state index in [4.69, 9.17) is 5.11 Å². The van der Waals surface area contributed by atoms with Crippen molar-refractivity contribution in [2.45, 2.75) is 43.8 Å². The summed E-state index contributed by atoms with van der Waals surface area (Å²) in [6.07, 6.45) is 2.57. The van der Waals surface area contributed by atoms with Crippen LogP contribution in [0.4, 0.5) is 0 Å². The number of para-hydroxylation sites is 1. The number of aromatic nitrogens is 1. The summed E-state index contributed by atoms with van der Waals surface area (Å²) in [6.45, 7) is 0.705. The lowest BCUT2D eigenvalue weighted by Gasteiger charge is -2.22. The highest BCUT2D eigenvalue weighted by Crippen LogP contribution is 2.19. The number of carboxylic acids is 2. The average Bonchev–Trinajstić information content (AvgIpc) is 3.37. The van der Waals surface area contributed by atoms with Gasteiger partial charge < -0.3 is 31.1 Å². The first-order chi connectivity index (χ1) is 14.3. The van der Waals surface area contributed by atoms with Crippen LogP contribution in [0.3, 0.4) is 0 Å². The SMILES string of the molecule is O=C(O)C[C@H](NC(=O)[C@H](Cc1c[nH]c2ccccc12)NC(=O)[C@@H]1CCCN1)C(=O)O. The van der Waals surface area contributed by atoms with Crippen LogP contribution in [-0.2, 0) is 25.6 Å². The van der Waals surface area contributed by atoms with Gasteiger partial charge in [0.05, 0.1) is 12.5 Å². The Hall–Kier alpha value is -3.40. The van der Waals surface area contributed by atoms with Crippen molar-refractivity contribution in [3.8, 4) is 0 Å². The van der Waals surface area contributed by atoms with Crippen LogP contribution >= 0.6 is 0 Å². The molecule has 160 valence electrons. The van der Waals surface area contributed by atoms with E-state index in [-0.39, 0.29) is 12.3 Å². The van der Waals surface area contributed by atoms with Crippen molar-refractivity contribution in [3.05, 3.63) is 36.0 Å². The predicted molar refractivity (Wildman–Crippen MR) is 107 cm³/mol. The Balaban J connectivity index is 1.80.